The quantitative estimate of drug-likeness (QED) is 0.553. The largest absolute Gasteiger partial charge is 0.393 e. The molecule has 8 nitrogen and oxygen atoms in total. The molecule has 9 heteroatoms. The molecule has 1 saturated carbocycles. The summed E-state index contributed by atoms with van der Waals surface area (Å²) in [5, 5.41) is 25.8. The van der Waals surface area contributed by atoms with Crippen LogP contribution >= 0.6 is 0 Å². The smallest absolute Gasteiger partial charge is 0.257 e. The number of rotatable bonds is 5. The van der Waals surface area contributed by atoms with Crippen LogP contribution in [0.3, 0.4) is 0 Å². The van der Waals surface area contributed by atoms with Crippen molar-refractivity contribution in [3.8, 4) is 0 Å². The number of aromatic nitrogens is 2. The molecule has 2 amide bonds. The Kier molecular flexibility index (Phi) is 6.23. The SMILES string of the molecule is Cc1cc(NC(=O)c2c(C)c(C(O)C(=O)N[C@@H]3CC[C@@H](O)C3)n(C)c2C)cnc1F. The number of hydrogen-bond acceptors (Lipinski definition) is 5. The average Bonchev–Trinajstić information content (AvgIpc) is 3.18. The number of aryl methyl sites for hydroxylation is 1. The molecule has 0 bridgehead atoms. The maximum Gasteiger partial charge on any atom is 0.257 e. The summed E-state index contributed by atoms with van der Waals surface area (Å²) in [7, 11) is 1.67. The van der Waals surface area contributed by atoms with Gasteiger partial charge in [-0.05, 0) is 51.7 Å². The van der Waals surface area contributed by atoms with E-state index in [2.05, 4.69) is 15.6 Å². The van der Waals surface area contributed by atoms with Crippen molar-refractivity contribution >= 4 is 17.5 Å². The fourth-order valence-electron chi connectivity index (χ4n) is 4.04. The van der Waals surface area contributed by atoms with Crippen molar-refractivity contribution in [3.63, 3.8) is 0 Å². The molecule has 2 aromatic heterocycles. The first-order valence-corrected chi connectivity index (χ1v) is 9.85. The lowest BCUT2D eigenvalue weighted by atomic mass is 10.1. The molecule has 1 aliphatic rings. The molecule has 0 saturated heterocycles. The predicted molar refractivity (Wildman–Crippen MR) is 109 cm³/mol. The first-order chi connectivity index (χ1) is 14.1. The van der Waals surface area contributed by atoms with E-state index in [0.717, 1.165) is 0 Å². The van der Waals surface area contributed by atoms with Crippen LogP contribution in [0.5, 0.6) is 0 Å². The number of pyridine rings is 1. The normalized spacial score (nSPS) is 19.6. The summed E-state index contributed by atoms with van der Waals surface area (Å²) in [6.07, 6.45) is 1.07. The second-order valence-corrected chi connectivity index (χ2v) is 7.89. The van der Waals surface area contributed by atoms with Crippen molar-refractivity contribution in [2.24, 2.45) is 7.05 Å². The average molecular weight is 418 g/mol. The summed E-state index contributed by atoms with van der Waals surface area (Å²) < 4.78 is 15.0. The van der Waals surface area contributed by atoms with Crippen LogP contribution in [0.4, 0.5) is 10.1 Å². The summed E-state index contributed by atoms with van der Waals surface area (Å²) in [6.45, 7) is 4.94. The van der Waals surface area contributed by atoms with E-state index in [1.54, 1.807) is 32.4 Å². The Balaban J connectivity index is 1.82. The summed E-state index contributed by atoms with van der Waals surface area (Å²) >= 11 is 0. The summed E-state index contributed by atoms with van der Waals surface area (Å²) in [5.41, 5.74) is 2.36. The second-order valence-electron chi connectivity index (χ2n) is 7.89. The molecular weight excluding hydrogens is 391 g/mol. The zero-order valence-electron chi connectivity index (χ0n) is 17.5. The van der Waals surface area contributed by atoms with E-state index in [1.165, 1.54) is 12.3 Å². The van der Waals surface area contributed by atoms with Gasteiger partial charge in [-0.3, -0.25) is 9.59 Å². The lowest BCUT2D eigenvalue weighted by Crippen LogP contribution is -2.37. The van der Waals surface area contributed by atoms with Gasteiger partial charge in [-0.1, -0.05) is 0 Å². The molecule has 1 unspecified atom stereocenters. The molecule has 30 heavy (non-hydrogen) atoms. The van der Waals surface area contributed by atoms with Crippen LogP contribution in [-0.2, 0) is 11.8 Å². The molecule has 0 spiro atoms. The van der Waals surface area contributed by atoms with Gasteiger partial charge in [-0.15, -0.1) is 0 Å². The topological polar surface area (TPSA) is 116 Å². The molecule has 3 atom stereocenters. The minimum Gasteiger partial charge on any atom is -0.393 e. The first kappa shape index (κ1) is 21.9. The van der Waals surface area contributed by atoms with Gasteiger partial charge in [0.25, 0.3) is 11.8 Å². The molecule has 0 aliphatic heterocycles. The van der Waals surface area contributed by atoms with E-state index >= 15 is 0 Å². The second kappa shape index (κ2) is 8.53. The molecule has 2 aromatic rings. The summed E-state index contributed by atoms with van der Waals surface area (Å²) in [6, 6.07) is 1.30. The lowest BCUT2D eigenvalue weighted by Gasteiger charge is -2.18. The maximum atomic E-state index is 13.4. The standard InChI is InChI=1S/C21H27FN4O4/c1-10-7-14(9-23-19(10)22)25-20(29)16-11(2)17(26(4)12(16)3)18(28)21(30)24-13-5-6-15(27)8-13/h7,9,13,15,18,27-28H,5-6,8H2,1-4H3,(H,24,30)(H,25,29)/t13-,15-,18?/m1/s1. The zero-order chi connectivity index (χ0) is 22.2. The van der Waals surface area contributed by atoms with Crippen molar-refractivity contribution in [2.75, 3.05) is 5.32 Å². The van der Waals surface area contributed by atoms with Gasteiger partial charge < -0.3 is 25.4 Å². The van der Waals surface area contributed by atoms with E-state index in [-0.39, 0.29) is 6.04 Å². The molecule has 4 N–H and O–H groups in total. The number of nitrogens with zero attached hydrogens (tertiary/aromatic N) is 2. The summed E-state index contributed by atoms with van der Waals surface area (Å²) in [5.74, 6) is -1.61. The number of hydrogen-bond donors (Lipinski definition) is 4. The molecule has 1 aliphatic carbocycles. The molecule has 3 rings (SSSR count). The van der Waals surface area contributed by atoms with Crippen molar-refractivity contribution < 1.29 is 24.2 Å². The van der Waals surface area contributed by atoms with E-state index < -0.39 is 30.0 Å². The van der Waals surface area contributed by atoms with Gasteiger partial charge in [0.15, 0.2) is 6.10 Å². The third kappa shape index (κ3) is 4.22. The van der Waals surface area contributed by atoms with Gasteiger partial charge in [-0.2, -0.15) is 4.39 Å². The van der Waals surface area contributed by atoms with E-state index in [4.69, 9.17) is 0 Å². The van der Waals surface area contributed by atoms with Crippen LogP contribution in [0.2, 0.25) is 0 Å². The molecule has 0 aromatic carbocycles. The van der Waals surface area contributed by atoms with E-state index in [1.807, 2.05) is 0 Å². The van der Waals surface area contributed by atoms with Crippen molar-refractivity contribution in [1.82, 2.24) is 14.9 Å². The highest BCUT2D eigenvalue weighted by Crippen LogP contribution is 2.28. The van der Waals surface area contributed by atoms with Crippen LogP contribution in [0.25, 0.3) is 0 Å². The van der Waals surface area contributed by atoms with Gasteiger partial charge in [0.1, 0.15) is 0 Å². The Morgan fingerprint density at radius 1 is 1.30 bits per heavy atom. The van der Waals surface area contributed by atoms with Crippen LogP contribution in [0, 0.1) is 26.7 Å². The Morgan fingerprint density at radius 3 is 2.60 bits per heavy atom. The fourth-order valence-corrected chi connectivity index (χ4v) is 4.04. The third-order valence-corrected chi connectivity index (χ3v) is 5.74. The minimum atomic E-state index is -1.46. The number of anilines is 1. The van der Waals surface area contributed by atoms with Crippen LogP contribution < -0.4 is 10.6 Å². The Morgan fingerprint density at radius 2 is 2.00 bits per heavy atom. The number of carbonyl (C=O) groups is 2. The number of amides is 2. The maximum absolute atomic E-state index is 13.4. The van der Waals surface area contributed by atoms with Gasteiger partial charge in [-0.25, -0.2) is 4.98 Å². The predicted octanol–water partition coefficient (Wildman–Crippen LogP) is 1.80. The number of halogens is 1. The van der Waals surface area contributed by atoms with Crippen LogP contribution in [0.1, 0.15) is 58.2 Å². The molecule has 1 fully saturated rings. The van der Waals surface area contributed by atoms with Crippen LogP contribution in [0.15, 0.2) is 12.3 Å². The van der Waals surface area contributed by atoms with Gasteiger partial charge in [0.05, 0.1) is 29.2 Å². The van der Waals surface area contributed by atoms with Gasteiger partial charge in [0, 0.05) is 24.3 Å². The third-order valence-electron chi connectivity index (χ3n) is 5.74. The minimum absolute atomic E-state index is 0.180. The first-order valence-electron chi connectivity index (χ1n) is 9.85. The fraction of sp³-hybridized carbons (Fsp3) is 0.476. The molecule has 2 heterocycles. The monoisotopic (exact) mass is 418 g/mol. The zero-order valence-corrected chi connectivity index (χ0v) is 17.5. The van der Waals surface area contributed by atoms with Crippen molar-refractivity contribution in [3.05, 3.63) is 46.3 Å². The number of aliphatic hydroxyl groups excluding tert-OH is 2. The molecular formula is C21H27FN4O4. The lowest BCUT2D eigenvalue weighted by molar-refractivity contribution is -0.130. The summed E-state index contributed by atoms with van der Waals surface area (Å²) in [4.78, 5) is 29.0. The number of aliphatic hydroxyl groups is 2. The number of nitrogens with one attached hydrogen (secondary N) is 2. The van der Waals surface area contributed by atoms with Crippen LogP contribution in [-0.4, -0.2) is 43.7 Å². The van der Waals surface area contributed by atoms with E-state index in [9.17, 15) is 24.2 Å². The highest BCUT2D eigenvalue weighted by molar-refractivity contribution is 6.06. The Hall–Kier alpha value is -2.78. The Labute approximate surface area is 174 Å². The molecule has 162 valence electrons. The highest BCUT2D eigenvalue weighted by Gasteiger charge is 2.31. The van der Waals surface area contributed by atoms with Crippen molar-refractivity contribution in [2.45, 2.75) is 58.3 Å². The highest BCUT2D eigenvalue weighted by atomic mass is 19.1. The number of carbonyl (C=O) groups excluding carboxylic acids is 2. The van der Waals surface area contributed by atoms with Gasteiger partial charge >= 0.3 is 0 Å². The Bertz CT molecular complexity index is 988. The van der Waals surface area contributed by atoms with Gasteiger partial charge in [0.2, 0.25) is 5.95 Å². The van der Waals surface area contributed by atoms with E-state index in [0.29, 0.717) is 53.0 Å². The van der Waals surface area contributed by atoms with Crippen molar-refractivity contribution in [1.29, 1.82) is 0 Å². The molecule has 0 radical (unpaired) electrons.